The van der Waals surface area contributed by atoms with Crippen molar-refractivity contribution in [2.24, 2.45) is 0 Å². The number of ether oxygens (including phenoxy) is 3. The normalized spacial score (nSPS) is 32.8. The van der Waals surface area contributed by atoms with Gasteiger partial charge in [0.1, 0.15) is 34.3 Å². The van der Waals surface area contributed by atoms with E-state index in [1.807, 2.05) is 0 Å². The van der Waals surface area contributed by atoms with E-state index < -0.39 is 51.4 Å². The van der Waals surface area contributed by atoms with Gasteiger partial charge in [-0.25, -0.2) is 13.2 Å². The summed E-state index contributed by atoms with van der Waals surface area (Å²) < 4.78 is 41.2. The van der Waals surface area contributed by atoms with E-state index in [2.05, 4.69) is 10.1 Å². The van der Waals surface area contributed by atoms with E-state index in [1.165, 1.54) is 0 Å². The SMILES string of the molecule is CC1(C)O[C@H]2[C@H](O1)[C@@H](n1ncc(=O)[nH]c1=O)O[C@H]2CS(C)(=O)=O. The summed E-state index contributed by atoms with van der Waals surface area (Å²) in [5, 5.41) is 3.75. The van der Waals surface area contributed by atoms with E-state index in [-0.39, 0.29) is 5.75 Å². The molecule has 0 spiro atoms. The summed E-state index contributed by atoms with van der Waals surface area (Å²) in [4.78, 5) is 25.1. The summed E-state index contributed by atoms with van der Waals surface area (Å²) in [6.45, 7) is 3.37. The summed E-state index contributed by atoms with van der Waals surface area (Å²) in [5.74, 6) is -1.22. The topological polar surface area (TPSA) is 130 Å². The molecular formula is C12H17N3O7S. The van der Waals surface area contributed by atoms with Gasteiger partial charge in [0.15, 0.2) is 12.0 Å². The van der Waals surface area contributed by atoms with Crippen LogP contribution < -0.4 is 11.2 Å². The van der Waals surface area contributed by atoms with Crippen LogP contribution in [0.2, 0.25) is 0 Å². The number of hydrogen-bond donors (Lipinski definition) is 1. The van der Waals surface area contributed by atoms with Crippen LogP contribution in [0, 0.1) is 0 Å². The van der Waals surface area contributed by atoms with Crippen molar-refractivity contribution in [1.82, 2.24) is 14.8 Å². The van der Waals surface area contributed by atoms with Crippen LogP contribution in [-0.4, -0.2) is 59.3 Å². The molecule has 2 fully saturated rings. The molecule has 2 aliphatic rings. The van der Waals surface area contributed by atoms with E-state index in [4.69, 9.17) is 14.2 Å². The van der Waals surface area contributed by atoms with E-state index >= 15 is 0 Å². The van der Waals surface area contributed by atoms with Crippen molar-refractivity contribution in [3.63, 3.8) is 0 Å². The highest BCUT2D eigenvalue weighted by molar-refractivity contribution is 7.90. The third-order valence-corrected chi connectivity index (χ3v) is 4.50. The Morgan fingerprint density at radius 2 is 1.96 bits per heavy atom. The van der Waals surface area contributed by atoms with Gasteiger partial charge in [0.25, 0.3) is 5.56 Å². The van der Waals surface area contributed by atoms with Gasteiger partial charge in [0.2, 0.25) is 0 Å². The molecule has 0 aliphatic carbocycles. The number of aromatic nitrogens is 3. The fourth-order valence-corrected chi connectivity index (χ4v) is 3.70. The minimum Gasteiger partial charge on any atom is -0.346 e. The molecule has 4 atom stereocenters. The fraction of sp³-hybridized carbons (Fsp3) is 0.750. The molecule has 23 heavy (non-hydrogen) atoms. The predicted molar refractivity (Wildman–Crippen MR) is 76.6 cm³/mol. The van der Waals surface area contributed by atoms with Gasteiger partial charge < -0.3 is 14.2 Å². The number of aromatic amines is 1. The van der Waals surface area contributed by atoms with Gasteiger partial charge in [-0.05, 0) is 13.8 Å². The third-order valence-electron chi connectivity index (χ3n) is 3.57. The number of sulfone groups is 1. The highest BCUT2D eigenvalue weighted by atomic mass is 32.2. The number of hydrogen-bond acceptors (Lipinski definition) is 8. The van der Waals surface area contributed by atoms with Gasteiger partial charge in [0.05, 0.1) is 5.75 Å². The average Bonchev–Trinajstić information content (AvgIpc) is 2.83. The number of H-pyrrole nitrogens is 1. The van der Waals surface area contributed by atoms with E-state index in [9.17, 15) is 18.0 Å². The van der Waals surface area contributed by atoms with Gasteiger partial charge in [-0.2, -0.15) is 9.78 Å². The van der Waals surface area contributed by atoms with Gasteiger partial charge in [0, 0.05) is 6.26 Å². The first-order chi connectivity index (χ1) is 10.6. The Kier molecular flexibility index (Phi) is 3.71. The van der Waals surface area contributed by atoms with Gasteiger partial charge in [-0.1, -0.05) is 0 Å². The van der Waals surface area contributed by atoms with Crippen molar-refractivity contribution in [1.29, 1.82) is 0 Å². The van der Waals surface area contributed by atoms with Crippen molar-refractivity contribution >= 4 is 9.84 Å². The number of rotatable bonds is 3. The zero-order valence-electron chi connectivity index (χ0n) is 12.8. The van der Waals surface area contributed by atoms with Gasteiger partial charge in [-0.15, -0.1) is 0 Å². The summed E-state index contributed by atoms with van der Waals surface area (Å²) in [6.07, 6.45) is -1.15. The average molecular weight is 347 g/mol. The van der Waals surface area contributed by atoms with Crippen LogP contribution in [0.15, 0.2) is 15.8 Å². The standard InChI is InChI=1S/C12H17N3O7S/c1-12(2)21-8-6(5-23(3,18)19)20-10(9(8)22-12)15-11(17)14-7(16)4-13-15/h4,6,8-10H,5H2,1-3H3,(H,14,16,17)/t6-,8+,9-,10-/m0/s1. The zero-order chi connectivity index (χ0) is 17.0. The van der Waals surface area contributed by atoms with E-state index in [0.717, 1.165) is 17.1 Å². The molecule has 2 saturated heterocycles. The van der Waals surface area contributed by atoms with Crippen LogP contribution >= 0.6 is 0 Å². The van der Waals surface area contributed by atoms with Crippen molar-refractivity contribution in [2.45, 2.75) is 44.2 Å². The Balaban J connectivity index is 1.98. The van der Waals surface area contributed by atoms with Crippen molar-refractivity contribution in [3.05, 3.63) is 27.0 Å². The van der Waals surface area contributed by atoms with Crippen LogP contribution in [0.4, 0.5) is 0 Å². The zero-order valence-corrected chi connectivity index (χ0v) is 13.6. The molecule has 0 unspecified atom stereocenters. The molecule has 0 amide bonds. The molecule has 0 bridgehead atoms. The first kappa shape index (κ1) is 16.3. The lowest BCUT2D eigenvalue weighted by molar-refractivity contribution is -0.196. The smallest absolute Gasteiger partial charge is 0.346 e. The Bertz CT molecular complexity index is 828. The quantitative estimate of drug-likeness (QED) is 0.691. The first-order valence-corrected chi connectivity index (χ1v) is 8.99. The Labute approximate surface area is 131 Å². The minimum absolute atomic E-state index is 0.276. The second-order valence-corrected chi connectivity index (χ2v) is 8.29. The molecule has 11 heteroatoms. The summed E-state index contributed by atoms with van der Waals surface area (Å²) >= 11 is 0. The third kappa shape index (κ3) is 3.22. The van der Waals surface area contributed by atoms with Crippen LogP contribution in [0.3, 0.4) is 0 Å². The van der Waals surface area contributed by atoms with Crippen molar-refractivity contribution in [2.75, 3.05) is 12.0 Å². The number of fused-ring (bicyclic) bond motifs is 1. The van der Waals surface area contributed by atoms with Crippen LogP contribution in [0.5, 0.6) is 0 Å². The summed E-state index contributed by atoms with van der Waals surface area (Å²) in [7, 11) is -3.33. The molecule has 3 rings (SSSR count). The molecule has 1 aromatic heterocycles. The molecular weight excluding hydrogens is 330 g/mol. The molecule has 2 aliphatic heterocycles. The van der Waals surface area contributed by atoms with Crippen LogP contribution in [-0.2, 0) is 24.0 Å². The molecule has 3 heterocycles. The Morgan fingerprint density at radius 1 is 1.30 bits per heavy atom. The minimum atomic E-state index is -3.33. The molecule has 0 radical (unpaired) electrons. The second kappa shape index (κ2) is 5.23. The van der Waals surface area contributed by atoms with Gasteiger partial charge >= 0.3 is 5.69 Å². The lowest BCUT2D eigenvalue weighted by Gasteiger charge is -2.24. The second-order valence-electron chi connectivity index (χ2n) is 6.11. The predicted octanol–water partition coefficient (Wildman–Crippen LogP) is -1.61. The van der Waals surface area contributed by atoms with Gasteiger partial charge in [-0.3, -0.25) is 9.78 Å². The first-order valence-electron chi connectivity index (χ1n) is 6.93. The molecule has 1 N–H and O–H groups in total. The molecule has 1 aromatic rings. The largest absolute Gasteiger partial charge is 0.347 e. The fourth-order valence-electron chi connectivity index (χ4n) is 2.83. The van der Waals surface area contributed by atoms with E-state index in [0.29, 0.717) is 0 Å². The maximum atomic E-state index is 11.9. The monoisotopic (exact) mass is 347 g/mol. The lowest BCUT2D eigenvalue weighted by Crippen LogP contribution is -2.39. The van der Waals surface area contributed by atoms with Crippen LogP contribution in [0.1, 0.15) is 20.1 Å². The molecule has 128 valence electrons. The lowest BCUT2D eigenvalue weighted by atomic mass is 10.1. The highest BCUT2D eigenvalue weighted by Gasteiger charge is 2.57. The van der Waals surface area contributed by atoms with E-state index in [1.54, 1.807) is 13.8 Å². The number of nitrogens with one attached hydrogen (secondary N) is 1. The molecule has 0 aromatic carbocycles. The van der Waals surface area contributed by atoms with Crippen LogP contribution in [0.25, 0.3) is 0 Å². The molecule has 10 nitrogen and oxygen atoms in total. The summed E-state index contributed by atoms with van der Waals surface area (Å²) in [5.41, 5.74) is -1.41. The van der Waals surface area contributed by atoms with Crippen molar-refractivity contribution < 1.29 is 22.6 Å². The molecule has 0 saturated carbocycles. The summed E-state index contributed by atoms with van der Waals surface area (Å²) in [6, 6.07) is 0. The maximum absolute atomic E-state index is 11.9. The Morgan fingerprint density at radius 3 is 2.57 bits per heavy atom. The maximum Gasteiger partial charge on any atom is 0.347 e. The number of nitrogens with zero attached hydrogens (tertiary/aromatic N) is 2. The van der Waals surface area contributed by atoms with Crippen molar-refractivity contribution in [3.8, 4) is 0 Å². The Hall–Kier alpha value is -1.56. The highest BCUT2D eigenvalue weighted by Crippen LogP contribution is 2.42.